The number of hydrogen-bond acceptors (Lipinski definition) is 4. The molecule has 0 radical (unpaired) electrons. The number of rotatable bonds is 4. The molecule has 0 unspecified atom stereocenters. The lowest BCUT2D eigenvalue weighted by Crippen LogP contribution is -2.08. The van der Waals surface area contributed by atoms with Crippen molar-refractivity contribution in [3.63, 3.8) is 0 Å². The van der Waals surface area contributed by atoms with Gasteiger partial charge in [0.2, 0.25) is 0 Å². The molecule has 0 aliphatic rings. The Morgan fingerprint density at radius 1 is 1.33 bits per heavy atom. The number of carbonyl (C=O) groups is 1. The Hall–Kier alpha value is -2.10. The fraction of sp³-hybridized carbons (Fsp3) is 0.286. The first kappa shape index (κ1) is 12.4. The Morgan fingerprint density at radius 3 is 2.72 bits per heavy atom. The third-order valence-corrected chi connectivity index (χ3v) is 2.63. The van der Waals surface area contributed by atoms with E-state index in [1.807, 2.05) is 30.3 Å². The predicted molar refractivity (Wildman–Crippen MR) is 66.4 cm³/mol. The minimum Gasteiger partial charge on any atom is -0.462 e. The molecule has 0 spiro atoms. The van der Waals surface area contributed by atoms with Crippen LogP contribution in [0.1, 0.15) is 34.3 Å². The number of aryl methyl sites for hydroxylation is 1. The van der Waals surface area contributed by atoms with Crippen LogP contribution in [0.5, 0.6) is 0 Å². The Kier molecular flexibility index (Phi) is 3.77. The number of nitrogens with zero attached hydrogens (tertiary/aromatic N) is 1. The molecule has 1 heterocycles. The van der Waals surface area contributed by atoms with E-state index < -0.39 is 0 Å². The molecule has 0 saturated carbocycles. The van der Waals surface area contributed by atoms with Crippen LogP contribution in [0.2, 0.25) is 0 Å². The molecule has 2 aromatic rings. The number of esters is 1. The molecule has 0 N–H and O–H groups in total. The predicted octanol–water partition coefficient (Wildman–Crippen LogP) is 2.75. The molecule has 4 nitrogen and oxygen atoms in total. The van der Waals surface area contributed by atoms with Crippen molar-refractivity contribution in [1.29, 1.82) is 0 Å². The van der Waals surface area contributed by atoms with Gasteiger partial charge in [-0.1, -0.05) is 35.5 Å². The van der Waals surface area contributed by atoms with Gasteiger partial charge in [-0.3, -0.25) is 0 Å². The van der Waals surface area contributed by atoms with Gasteiger partial charge < -0.3 is 9.26 Å². The van der Waals surface area contributed by atoms with Gasteiger partial charge in [0, 0.05) is 6.42 Å². The normalized spacial score (nSPS) is 10.3. The minimum absolute atomic E-state index is 0.341. The van der Waals surface area contributed by atoms with Gasteiger partial charge in [0.15, 0.2) is 0 Å². The van der Waals surface area contributed by atoms with E-state index >= 15 is 0 Å². The van der Waals surface area contributed by atoms with Gasteiger partial charge in [0.05, 0.1) is 6.61 Å². The van der Waals surface area contributed by atoms with E-state index in [4.69, 9.17) is 9.26 Å². The van der Waals surface area contributed by atoms with Gasteiger partial charge in [-0.2, -0.15) is 0 Å². The zero-order valence-corrected chi connectivity index (χ0v) is 10.5. The maximum absolute atomic E-state index is 11.8. The topological polar surface area (TPSA) is 52.3 Å². The van der Waals surface area contributed by atoms with Crippen molar-refractivity contribution in [2.75, 3.05) is 6.61 Å². The Labute approximate surface area is 106 Å². The maximum Gasteiger partial charge on any atom is 0.343 e. The second-order valence-corrected chi connectivity index (χ2v) is 3.94. The van der Waals surface area contributed by atoms with Crippen LogP contribution in [-0.2, 0) is 11.2 Å². The van der Waals surface area contributed by atoms with Crippen LogP contribution < -0.4 is 0 Å². The van der Waals surface area contributed by atoms with Crippen molar-refractivity contribution in [3.05, 3.63) is 52.9 Å². The first-order chi connectivity index (χ1) is 8.72. The fourth-order valence-electron chi connectivity index (χ4n) is 1.79. The lowest BCUT2D eigenvalue weighted by molar-refractivity contribution is 0.0523. The summed E-state index contributed by atoms with van der Waals surface area (Å²) in [6, 6.07) is 9.82. The average Bonchev–Trinajstić information content (AvgIpc) is 2.72. The molecule has 0 saturated heterocycles. The van der Waals surface area contributed by atoms with Crippen LogP contribution in [0.3, 0.4) is 0 Å². The van der Waals surface area contributed by atoms with E-state index in [0.29, 0.717) is 30.0 Å². The van der Waals surface area contributed by atoms with Gasteiger partial charge in [-0.15, -0.1) is 0 Å². The van der Waals surface area contributed by atoms with Crippen LogP contribution in [0.25, 0.3) is 0 Å². The molecular formula is C14H15NO3. The van der Waals surface area contributed by atoms with Gasteiger partial charge in [0.25, 0.3) is 0 Å². The maximum atomic E-state index is 11.8. The summed E-state index contributed by atoms with van der Waals surface area (Å²) in [6.07, 6.45) is 0.562. The minimum atomic E-state index is -0.373. The highest BCUT2D eigenvalue weighted by Gasteiger charge is 2.21. The monoisotopic (exact) mass is 245 g/mol. The lowest BCUT2D eigenvalue weighted by atomic mass is 10.1. The molecule has 0 fully saturated rings. The Bertz CT molecular complexity index is 531. The van der Waals surface area contributed by atoms with E-state index in [0.717, 1.165) is 5.56 Å². The van der Waals surface area contributed by atoms with Gasteiger partial charge in [0.1, 0.15) is 17.0 Å². The van der Waals surface area contributed by atoms with Crippen molar-refractivity contribution in [3.8, 4) is 0 Å². The SMILES string of the molecule is CCOC(=O)c1c(Cc2ccccc2)noc1C. The van der Waals surface area contributed by atoms with E-state index in [9.17, 15) is 4.79 Å². The average molecular weight is 245 g/mol. The number of carbonyl (C=O) groups excluding carboxylic acids is 1. The largest absolute Gasteiger partial charge is 0.462 e. The molecule has 0 amide bonds. The third-order valence-electron chi connectivity index (χ3n) is 2.63. The number of aromatic nitrogens is 1. The van der Waals surface area contributed by atoms with Crippen LogP contribution in [-0.4, -0.2) is 17.7 Å². The molecule has 18 heavy (non-hydrogen) atoms. The fourth-order valence-corrected chi connectivity index (χ4v) is 1.79. The highest BCUT2D eigenvalue weighted by atomic mass is 16.5. The van der Waals surface area contributed by atoms with Crippen LogP contribution >= 0.6 is 0 Å². The number of hydrogen-bond donors (Lipinski definition) is 0. The zero-order valence-electron chi connectivity index (χ0n) is 10.5. The third kappa shape index (κ3) is 2.59. The summed E-state index contributed by atoms with van der Waals surface area (Å²) in [6.45, 7) is 3.83. The number of ether oxygens (including phenoxy) is 1. The summed E-state index contributed by atoms with van der Waals surface area (Å²) in [5, 5.41) is 3.94. The lowest BCUT2D eigenvalue weighted by Gasteiger charge is -2.02. The zero-order chi connectivity index (χ0) is 13.0. The molecular weight excluding hydrogens is 230 g/mol. The second kappa shape index (κ2) is 5.49. The summed E-state index contributed by atoms with van der Waals surface area (Å²) in [5.74, 6) is 0.126. The standard InChI is InChI=1S/C14H15NO3/c1-3-17-14(16)13-10(2)18-15-12(13)9-11-7-5-4-6-8-11/h4-8H,3,9H2,1-2H3. The van der Waals surface area contributed by atoms with Gasteiger partial charge in [-0.05, 0) is 19.4 Å². The van der Waals surface area contributed by atoms with Crippen LogP contribution in [0.4, 0.5) is 0 Å². The van der Waals surface area contributed by atoms with Gasteiger partial charge in [-0.25, -0.2) is 4.79 Å². The summed E-state index contributed by atoms with van der Waals surface area (Å²) in [7, 11) is 0. The molecule has 4 heteroatoms. The van der Waals surface area contributed by atoms with Gasteiger partial charge >= 0.3 is 5.97 Å². The van der Waals surface area contributed by atoms with E-state index in [-0.39, 0.29) is 5.97 Å². The molecule has 0 aliphatic carbocycles. The first-order valence-corrected chi connectivity index (χ1v) is 5.88. The second-order valence-electron chi connectivity index (χ2n) is 3.94. The highest BCUT2D eigenvalue weighted by Crippen LogP contribution is 2.18. The van der Waals surface area contributed by atoms with Crippen molar-refractivity contribution in [2.45, 2.75) is 20.3 Å². The Morgan fingerprint density at radius 2 is 2.06 bits per heavy atom. The first-order valence-electron chi connectivity index (χ1n) is 5.88. The van der Waals surface area contributed by atoms with E-state index in [2.05, 4.69) is 5.16 Å². The summed E-state index contributed by atoms with van der Waals surface area (Å²) < 4.78 is 10.1. The van der Waals surface area contributed by atoms with Crippen molar-refractivity contribution >= 4 is 5.97 Å². The summed E-state index contributed by atoms with van der Waals surface area (Å²) in [5.41, 5.74) is 2.15. The molecule has 94 valence electrons. The molecule has 1 aromatic carbocycles. The van der Waals surface area contributed by atoms with E-state index in [1.165, 1.54) is 0 Å². The van der Waals surface area contributed by atoms with Crippen LogP contribution in [0, 0.1) is 6.92 Å². The van der Waals surface area contributed by atoms with Crippen molar-refractivity contribution in [2.24, 2.45) is 0 Å². The highest BCUT2D eigenvalue weighted by molar-refractivity contribution is 5.91. The van der Waals surface area contributed by atoms with E-state index in [1.54, 1.807) is 13.8 Å². The van der Waals surface area contributed by atoms with Crippen molar-refractivity contribution in [1.82, 2.24) is 5.16 Å². The molecule has 0 atom stereocenters. The molecule has 1 aromatic heterocycles. The Balaban J connectivity index is 2.26. The smallest absolute Gasteiger partial charge is 0.343 e. The molecule has 0 bridgehead atoms. The molecule has 0 aliphatic heterocycles. The summed E-state index contributed by atoms with van der Waals surface area (Å²) >= 11 is 0. The molecule has 2 rings (SSSR count). The summed E-state index contributed by atoms with van der Waals surface area (Å²) in [4.78, 5) is 11.8. The van der Waals surface area contributed by atoms with Crippen molar-refractivity contribution < 1.29 is 14.1 Å². The quantitative estimate of drug-likeness (QED) is 0.777. The van der Waals surface area contributed by atoms with Crippen LogP contribution in [0.15, 0.2) is 34.9 Å². The number of benzene rings is 1.